The van der Waals surface area contributed by atoms with Crippen LogP contribution in [-0.4, -0.2) is 18.2 Å². The van der Waals surface area contributed by atoms with E-state index >= 15 is 0 Å². The Morgan fingerprint density at radius 3 is 2.94 bits per heavy atom. The topological polar surface area (TPSA) is 37.4 Å². The molecule has 3 nitrogen and oxygen atoms in total. The molecule has 0 spiro atoms. The highest BCUT2D eigenvalue weighted by atomic mass is 35.5. The molecule has 4 heteroatoms. The van der Waals surface area contributed by atoms with Crippen LogP contribution in [0.25, 0.3) is 0 Å². The molecule has 0 saturated heterocycles. The van der Waals surface area contributed by atoms with Crippen molar-refractivity contribution in [3.05, 3.63) is 28.8 Å². The Hall–Kier alpha value is -1.35. The van der Waals surface area contributed by atoms with Gasteiger partial charge in [-0.25, -0.2) is 0 Å². The fourth-order valence-electron chi connectivity index (χ4n) is 1.84. The number of fused-ring (bicyclic) bond motifs is 1. The van der Waals surface area contributed by atoms with Gasteiger partial charge < -0.3 is 4.90 Å². The molecule has 2 rings (SSSR count). The largest absolute Gasteiger partial charge is 0.311 e. The first-order valence-corrected chi connectivity index (χ1v) is 5.54. The molecule has 0 radical (unpaired) electrons. The number of anilines is 1. The molecule has 0 atom stereocenters. The lowest BCUT2D eigenvalue weighted by molar-refractivity contribution is -0.117. The molecular weight excluding hydrogens is 226 g/mol. The van der Waals surface area contributed by atoms with Crippen molar-refractivity contribution in [3.8, 4) is 0 Å². The quantitative estimate of drug-likeness (QED) is 0.808. The molecule has 1 amide bonds. The van der Waals surface area contributed by atoms with Gasteiger partial charge in [-0.15, -0.1) is 0 Å². The molecule has 1 aliphatic rings. The predicted molar refractivity (Wildman–Crippen MR) is 62.8 cm³/mol. The summed E-state index contributed by atoms with van der Waals surface area (Å²) in [7, 11) is 0. The van der Waals surface area contributed by atoms with E-state index in [1.54, 1.807) is 17.0 Å². The fraction of sp³-hybridized carbons (Fsp3) is 0.333. The molecule has 0 fully saturated rings. The van der Waals surface area contributed by atoms with Crippen molar-refractivity contribution in [3.63, 3.8) is 0 Å². The Kier molecular flexibility index (Phi) is 2.97. The van der Waals surface area contributed by atoms with Gasteiger partial charge in [0.15, 0.2) is 0 Å². The molecule has 0 aromatic heterocycles. The van der Waals surface area contributed by atoms with E-state index in [0.29, 0.717) is 24.4 Å². The van der Waals surface area contributed by atoms with Crippen LogP contribution in [-0.2, 0) is 16.0 Å². The van der Waals surface area contributed by atoms with E-state index in [0.717, 1.165) is 11.3 Å². The van der Waals surface area contributed by atoms with Crippen LogP contribution in [0.2, 0.25) is 5.02 Å². The van der Waals surface area contributed by atoms with E-state index in [-0.39, 0.29) is 11.7 Å². The maximum Gasteiger partial charge on any atom is 0.231 e. The third-order valence-electron chi connectivity index (χ3n) is 2.67. The smallest absolute Gasteiger partial charge is 0.231 e. The first-order chi connectivity index (χ1) is 7.58. The number of halogens is 1. The summed E-state index contributed by atoms with van der Waals surface area (Å²) >= 11 is 5.89. The van der Waals surface area contributed by atoms with Crippen molar-refractivity contribution in [1.29, 1.82) is 0 Å². The fourth-order valence-corrected chi connectivity index (χ4v) is 2.01. The van der Waals surface area contributed by atoms with Gasteiger partial charge in [-0.1, -0.05) is 17.7 Å². The number of carbonyl (C=O) groups excluding carboxylic acids is 2. The summed E-state index contributed by atoms with van der Waals surface area (Å²) < 4.78 is 0. The Bertz CT molecular complexity index is 456. The molecule has 16 heavy (non-hydrogen) atoms. The maximum absolute atomic E-state index is 11.7. The monoisotopic (exact) mass is 237 g/mol. The van der Waals surface area contributed by atoms with Crippen molar-refractivity contribution in [2.45, 2.75) is 19.8 Å². The van der Waals surface area contributed by atoms with Gasteiger partial charge >= 0.3 is 0 Å². The number of Topliss-reactive ketones (excluding diaryl/α,β-unsaturated/α-hetero) is 1. The molecule has 1 aliphatic heterocycles. The van der Waals surface area contributed by atoms with Crippen LogP contribution in [0.4, 0.5) is 5.69 Å². The highest BCUT2D eigenvalue weighted by molar-refractivity contribution is 6.31. The Balaban J connectivity index is 2.24. The van der Waals surface area contributed by atoms with E-state index in [2.05, 4.69) is 0 Å². The summed E-state index contributed by atoms with van der Waals surface area (Å²) in [5.41, 5.74) is 1.83. The van der Waals surface area contributed by atoms with Crippen LogP contribution >= 0.6 is 11.6 Å². The van der Waals surface area contributed by atoms with E-state index in [4.69, 9.17) is 11.6 Å². The number of hydrogen-bond acceptors (Lipinski definition) is 2. The third kappa shape index (κ3) is 2.09. The van der Waals surface area contributed by atoms with Gasteiger partial charge in [-0.05, 0) is 24.6 Å². The Labute approximate surface area is 99.0 Å². The van der Waals surface area contributed by atoms with E-state index in [1.165, 1.54) is 6.92 Å². The molecule has 0 saturated carbocycles. The maximum atomic E-state index is 11.7. The van der Waals surface area contributed by atoms with Gasteiger partial charge in [0.2, 0.25) is 5.91 Å². The number of amides is 1. The van der Waals surface area contributed by atoms with E-state index < -0.39 is 0 Å². The van der Waals surface area contributed by atoms with Gasteiger partial charge in [0.25, 0.3) is 0 Å². The average molecular weight is 238 g/mol. The molecule has 1 aromatic carbocycles. The normalized spacial score (nSPS) is 14.1. The standard InChI is InChI=1S/C12H12ClNO2/c1-8(15)4-5-14-11-7-10(13)3-2-9(11)6-12(14)16/h2-3,7H,4-6H2,1H3. The minimum atomic E-state index is 0.0403. The highest BCUT2D eigenvalue weighted by Gasteiger charge is 2.26. The molecule has 84 valence electrons. The Morgan fingerprint density at radius 1 is 1.50 bits per heavy atom. The first-order valence-electron chi connectivity index (χ1n) is 5.16. The van der Waals surface area contributed by atoms with Gasteiger partial charge in [-0.3, -0.25) is 9.59 Å². The zero-order valence-electron chi connectivity index (χ0n) is 9.00. The van der Waals surface area contributed by atoms with E-state index in [1.807, 2.05) is 6.07 Å². The van der Waals surface area contributed by atoms with Gasteiger partial charge in [0, 0.05) is 23.7 Å². The summed E-state index contributed by atoms with van der Waals surface area (Å²) in [5, 5.41) is 0.612. The summed E-state index contributed by atoms with van der Waals surface area (Å²) in [4.78, 5) is 24.3. The number of benzene rings is 1. The molecule has 0 bridgehead atoms. The van der Waals surface area contributed by atoms with Crippen LogP contribution in [0, 0.1) is 0 Å². The lowest BCUT2D eigenvalue weighted by atomic mass is 10.2. The first kappa shape index (κ1) is 11.1. The molecule has 1 aromatic rings. The van der Waals surface area contributed by atoms with Crippen LogP contribution < -0.4 is 4.90 Å². The van der Waals surface area contributed by atoms with Gasteiger partial charge in [-0.2, -0.15) is 0 Å². The molecule has 0 aliphatic carbocycles. The second kappa shape index (κ2) is 4.26. The minimum Gasteiger partial charge on any atom is -0.311 e. The van der Waals surface area contributed by atoms with Crippen LogP contribution in [0.15, 0.2) is 18.2 Å². The second-order valence-corrected chi connectivity index (χ2v) is 4.38. The number of rotatable bonds is 3. The number of ketones is 1. The van der Waals surface area contributed by atoms with Gasteiger partial charge in [0.05, 0.1) is 6.42 Å². The Morgan fingerprint density at radius 2 is 2.25 bits per heavy atom. The van der Waals surface area contributed by atoms with Crippen LogP contribution in [0.5, 0.6) is 0 Å². The summed E-state index contributed by atoms with van der Waals surface area (Å²) in [6.07, 6.45) is 0.794. The average Bonchev–Trinajstić information content (AvgIpc) is 2.51. The molecule has 1 heterocycles. The summed E-state index contributed by atoms with van der Waals surface area (Å²) in [6.45, 7) is 1.97. The van der Waals surface area contributed by atoms with Crippen molar-refractivity contribution in [2.24, 2.45) is 0 Å². The highest BCUT2D eigenvalue weighted by Crippen LogP contribution is 2.31. The zero-order valence-corrected chi connectivity index (χ0v) is 9.75. The summed E-state index contributed by atoms with van der Waals surface area (Å²) in [6, 6.07) is 5.42. The van der Waals surface area contributed by atoms with Gasteiger partial charge in [0.1, 0.15) is 5.78 Å². The molecular formula is C12H12ClNO2. The minimum absolute atomic E-state index is 0.0403. The molecule has 0 N–H and O–H groups in total. The number of nitrogens with zero attached hydrogens (tertiary/aromatic N) is 1. The lowest BCUT2D eigenvalue weighted by Gasteiger charge is -2.16. The summed E-state index contributed by atoms with van der Waals surface area (Å²) in [5.74, 6) is 0.127. The van der Waals surface area contributed by atoms with Crippen molar-refractivity contribution < 1.29 is 9.59 Å². The van der Waals surface area contributed by atoms with E-state index in [9.17, 15) is 9.59 Å². The predicted octanol–water partition coefficient (Wildman–Crippen LogP) is 2.21. The SMILES string of the molecule is CC(=O)CCN1C(=O)Cc2ccc(Cl)cc21. The number of carbonyl (C=O) groups is 2. The van der Waals surface area contributed by atoms with Crippen molar-refractivity contribution >= 4 is 29.0 Å². The third-order valence-corrected chi connectivity index (χ3v) is 2.90. The number of hydrogen-bond donors (Lipinski definition) is 0. The lowest BCUT2D eigenvalue weighted by Crippen LogP contribution is -2.28. The van der Waals surface area contributed by atoms with Crippen LogP contribution in [0.1, 0.15) is 18.9 Å². The second-order valence-electron chi connectivity index (χ2n) is 3.95. The van der Waals surface area contributed by atoms with Crippen LogP contribution in [0.3, 0.4) is 0 Å². The zero-order chi connectivity index (χ0) is 11.7. The van der Waals surface area contributed by atoms with Crippen molar-refractivity contribution in [1.82, 2.24) is 0 Å². The van der Waals surface area contributed by atoms with Crippen molar-refractivity contribution in [2.75, 3.05) is 11.4 Å². The molecule has 0 unspecified atom stereocenters.